The van der Waals surface area contributed by atoms with Crippen molar-refractivity contribution < 1.29 is 10.0 Å². The van der Waals surface area contributed by atoms with E-state index < -0.39 is 16.1 Å². The Morgan fingerprint density at radius 1 is 1.30 bits per heavy atom. The molecule has 0 spiro atoms. The number of hydrogen-bond acceptors (Lipinski definition) is 3. The Labute approximate surface area is 60.0 Å². The Bertz CT molecular complexity index is 146. The van der Waals surface area contributed by atoms with E-state index in [-0.39, 0.29) is 0 Å². The van der Waals surface area contributed by atoms with Crippen LogP contribution in [-0.2, 0) is 0 Å². The van der Waals surface area contributed by atoms with Crippen molar-refractivity contribution in [2.24, 2.45) is 5.41 Å². The molecule has 0 aromatic rings. The average molecular weight is 147 g/mol. The van der Waals surface area contributed by atoms with Crippen molar-refractivity contribution in [3.63, 3.8) is 0 Å². The van der Waals surface area contributed by atoms with Gasteiger partial charge in [-0.15, -0.1) is 0 Å². The lowest BCUT2D eigenvalue weighted by atomic mass is 9.85. The first-order valence-corrected chi connectivity index (χ1v) is 3.06. The molecule has 0 rings (SSSR count). The van der Waals surface area contributed by atoms with Crippen LogP contribution >= 0.6 is 0 Å². The minimum Gasteiger partial charge on any atom is -0.330 e. The summed E-state index contributed by atoms with van der Waals surface area (Å²) < 4.78 is 0. The predicted molar refractivity (Wildman–Crippen MR) is 37.1 cm³/mol. The molecule has 1 N–H and O–H groups in total. The third-order valence-electron chi connectivity index (χ3n) is 1.78. The molecule has 0 saturated carbocycles. The monoisotopic (exact) mass is 147 g/mol. The topological polar surface area (TPSA) is 63.4 Å². The molecule has 1 atom stereocenters. The molecule has 4 heteroatoms. The summed E-state index contributed by atoms with van der Waals surface area (Å²) in [5.74, 6) is 0. The largest absolute Gasteiger partial charge is 0.330 e. The summed E-state index contributed by atoms with van der Waals surface area (Å²) in [7, 11) is 0. The second-order valence-corrected chi connectivity index (χ2v) is 3.53. The van der Waals surface area contributed by atoms with Crippen molar-refractivity contribution >= 4 is 0 Å². The third kappa shape index (κ3) is 1.44. The molecule has 0 saturated heterocycles. The van der Waals surface area contributed by atoms with Gasteiger partial charge in [0.25, 0.3) is 0 Å². The van der Waals surface area contributed by atoms with Gasteiger partial charge in [-0.25, -0.2) is 0 Å². The Kier molecular flexibility index (Phi) is 2.06. The standard InChI is InChI=1S/C6H13NO3/c1-5(2,3)6(4,8)7(9)10/h8H,1-4H3. The molecule has 0 amide bonds. The van der Waals surface area contributed by atoms with Gasteiger partial charge in [-0.1, -0.05) is 20.8 Å². The fraction of sp³-hybridized carbons (Fsp3) is 1.00. The molecule has 1 unspecified atom stereocenters. The van der Waals surface area contributed by atoms with E-state index in [4.69, 9.17) is 0 Å². The van der Waals surface area contributed by atoms with E-state index in [1.54, 1.807) is 20.8 Å². The number of nitrogens with zero attached hydrogens (tertiary/aromatic N) is 1. The quantitative estimate of drug-likeness (QED) is 0.342. The normalized spacial score (nSPS) is 18.1. The highest BCUT2D eigenvalue weighted by molar-refractivity contribution is 4.75. The van der Waals surface area contributed by atoms with E-state index >= 15 is 0 Å². The molecular formula is C6H13NO3. The van der Waals surface area contributed by atoms with Gasteiger partial charge >= 0.3 is 5.72 Å². The molecule has 0 aliphatic rings. The highest BCUT2D eigenvalue weighted by Gasteiger charge is 2.47. The van der Waals surface area contributed by atoms with Crippen LogP contribution in [0.5, 0.6) is 0 Å². The summed E-state index contributed by atoms with van der Waals surface area (Å²) in [6, 6.07) is 0. The maximum Gasteiger partial charge on any atom is 0.324 e. The predicted octanol–water partition coefficient (Wildman–Crippen LogP) is 1.02. The zero-order valence-electron chi connectivity index (χ0n) is 6.71. The average Bonchev–Trinajstić information content (AvgIpc) is 1.62. The van der Waals surface area contributed by atoms with E-state index in [9.17, 15) is 15.2 Å². The molecule has 0 aromatic heterocycles. The summed E-state index contributed by atoms with van der Waals surface area (Å²) in [5.41, 5.74) is -2.57. The van der Waals surface area contributed by atoms with Gasteiger partial charge in [0.15, 0.2) is 0 Å². The first-order valence-electron chi connectivity index (χ1n) is 3.06. The minimum absolute atomic E-state index is 0.674. The second kappa shape index (κ2) is 2.20. The molecule has 0 heterocycles. The summed E-state index contributed by atoms with van der Waals surface area (Å²) in [5, 5.41) is 19.5. The van der Waals surface area contributed by atoms with Crippen molar-refractivity contribution in [2.75, 3.05) is 0 Å². The van der Waals surface area contributed by atoms with Gasteiger partial charge in [0, 0.05) is 6.92 Å². The highest BCUT2D eigenvalue weighted by atomic mass is 16.7. The Balaban J connectivity index is 4.57. The van der Waals surface area contributed by atoms with Crippen molar-refractivity contribution in [2.45, 2.75) is 33.4 Å². The van der Waals surface area contributed by atoms with Crippen LogP contribution in [0.15, 0.2) is 0 Å². The summed E-state index contributed by atoms with van der Waals surface area (Å²) in [6.07, 6.45) is 0. The van der Waals surface area contributed by atoms with Crippen LogP contribution in [0.25, 0.3) is 0 Å². The van der Waals surface area contributed by atoms with Crippen LogP contribution in [0.1, 0.15) is 27.7 Å². The third-order valence-corrected chi connectivity index (χ3v) is 1.78. The maximum absolute atomic E-state index is 10.2. The highest BCUT2D eigenvalue weighted by Crippen LogP contribution is 2.29. The van der Waals surface area contributed by atoms with Crippen LogP contribution in [0.4, 0.5) is 0 Å². The molecule has 0 aliphatic heterocycles. The van der Waals surface area contributed by atoms with Gasteiger partial charge in [0.05, 0.1) is 10.3 Å². The molecule has 10 heavy (non-hydrogen) atoms. The van der Waals surface area contributed by atoms with Gasteiger partial charge in [-0.05, 0) is 0 Å². The summed E-state index contributed by atoms with van der Waals surface area (Å²) >= 11 is 0. The first-order chi connectivity index (χ1) is 4.19. The maximum atomic E-state index is 10.2. The van der Waals surface area contributed by atoms with Gasteiger partial charge in [0.2, 0.25) is 0 Å². The van der Waals surface area contributed by atoms with Crippen LogP contribution in [-0.4, -0.2) is 15.8 Å². The zero-order valence-corrected chi connectivity index (χ0v) is 6.71. The second-order valence-electron chi connectivity index (χ2n) is 3.53. The lowest BCUT2D eigenvalue weighted by Crippen LogP contribution is -2.46. The summed E-state index contributed by atoms with van der Waals surface area (Å²) in [6.45, 7) is 6.06. The molecule has 60 valence electrons. The van der Waals surface area contributed by atoms with E-state index in [1.807, 2.05) is 0 Å². The molecule has 0 fully saturated rings. The van der Waals surface area contributed by atoms with Gasteiger partial charge in [0.1, 0.15) is 0 Å². The van der Waals surface area contributed by atoms with Crippen LogP contribution in [0.3, 0.4) is 0 Å². The Morgan fingerprint density at radius 3 is 1.60 bits per heavy atom. The molecule has 0 aliphatic carbocycles. The fourth-order valence-corrected chi connectivity index (χ4v) is 0.274. The summed E-state index contributed by atoms with van der Waals surface area (Å²) in [4.78, 5) is 9.55. The molecule has 0 aromatic carbocycles. The molecule has 0 radical (unpaired) electrons. The number of hydrogen-bond donors (Lipinski definition) is 1. The van der Waals surface area contributed by atoms with E-state index in [0.29, 0.717) is 0 Å². The van der Waals surface area contributed by atoms with Crippen molar-refractivity contribution in [1.29, 1.82) is 0 Å². The van der Waals surface area contributed by atoms with Crippen molar-refractivity contribution in [3.8, 4) is 0 Å². The molecular weight excluding hydrogens is 134 g/mol. The van der Waals surface area contributed by atoms with E-state index in [0.717, 1.165) is 0 Å². The van der Waals surface area contributed by atoms with Gasteiger partial charge in [-0.3, -0.25) is 10.1 Å². The van der Waals surface area contributed by atoms with Crippen LogP contribution in [0.2, 0.25) is 0 Å². The molecule has 4 nitrogen and oxygen atoms in total. The first kappa shape index (κ1) is 9.36. The lowest BCUT2D eigenvalue weighted by Gasteiger charge is -2.27. The minimum atomic E-state index is -1.84. The van der Waals surface area contributed by atoms with Crippen LogP contribution < -0.4 is 0 Å². The fourth-order valence-electron chi connectivity index (χ4n) is 0.274. The van der Waals surface area contributed by atoms with E-state index in [1.165, 1.54) is 6.92 Å². The van der Waals surface area contributed by atoms with Gasteiger partial charge in [-0.2, -0.15) is 0 Å². The van der Waals surface area contributed by atoms with Gasteiger partial charge < -0.3 is 5.11 Å². The van der Waals surface area contributed by atoms with Crippen molar-refractivity contribution in [1.82, 2.24) is 0 Å². The SMILES string of the molecule is CC(C)(C)C(C)(O)[N+](=O)[O-]. The smallest absolute Gasteiger partial charge is 0.324 e. The Hall–Kier alpha value is -0.640. The number of nitro groups is 1. The Morgan fingerprint density at radius 2 is 1.60 bits per heavy atom. The zero-order chi connectivity index (χ0) is 8.58. The number of aliphatic hydroxyl groups is 1. The lowest BCUT2D eigenvalue weighted by molar-refractivity contribution is -0.640. The molecule has 0 bridgehead atoms. The van der Waals surface area contributed by atoms with Crippen molar-refractivity contribution in [3.05, 3.63) is 10.1 Å². The van der Waals surface area contributed by atoms with Crippen LogP contribution in [0, 0.1) is 15.5 Å². The number of rotatable bonds is 1. The van der Waals surface area contributed by atoms with E-state index in [2.05, 4.69) is 0 Å².